The zero-order chi connectivity index (χ0) is 13.2. The van der Waals surface area contributed by atoms with Gasteiger partial charge in [-0.25, -0.2) is 0 Å². The summed E-state index contributed by atoms with van der Waals surface area (Å²) in [6.07, 6.45) is 0. The van der Waals surface area contributed by atoms with Gasteiger partial charge in [-0.15, -0.1) is 0 Å². The van der Waals surface area contributed by atoms with Crippen LogP contribution >= 0.6 is 15.9 Å². The van der Waals surface area contributed by atoms with Gasteiger partial charge in [0.15, 0.2) is 0 Å². The lowest BCUT2D eigenvalue weighted by Gasteiger charge is -2.31. The summed E-state index contributed by atoms with van der Waals surface area (Å²) in [4.78, 5) is 2.31. The van der Waals surface area contributed by atoms with Gasteiger partial charge in [0.25, 0.3) is 0 Å². The third-order valence-corrected chi connectivity index (χ3v) is 4.09. The van der Waals surface area contributed by atoms with Crippen LogP contribution in [0.2, 0.25) is 0 Å². The fourth-order valence-electron chi connectivity index (χ4n) is 1.76. The van der Waals surface area contributed by atoms with Crippen molar-refractivity contribution < 1.29 is 0 Å². The molecule has 3 heteroatoms. The number of halogens is 1. The van der Waals surface area contributed by atoms with Crippen molar-refractivity contribution in [1.29, 1.82) is 0 Å². The molecule has 0 bridgehead atoms. The van der Waals surface area contributed by atoms with Gasteiger partial charge in [-0.2, -0.15) is 0 Å². The van der Waals surface area contributed by atoms with Gasteiger partial charge in [-0.3, -0.25) is 0 Å². The molecule has 0 aliphatic carbocycles. The van der Waals surface area contributed by atoms with Crippen molar-refractivity contribution in [3.8, 4) is 0 Å². The van der Waals surface area contributed by atoms with E-state index in [4.69, 9.17) is 5.73 Å². The Morgan fingerprint density at radius 1 is 1.18 bits per heavy atom. The van der Waals surface area contributed by atoms with Crippen LogP contribution in [0.25, 0.3) is 0 Å². The molecule has 0 fully saturated rings. The minimum absolute atomic E-state index is 0.0770. The average molecular weight is 299 g/mol. The molecule has 1 aromatic rings. The van der Waals surface area contributed by atoms with E-state index in [1.165, 1.54) is 5.69 Å². The summed E-state index contributed by atoms with van der Waals surface area (Å²) < 4.78 is 1.11. The number of anilines is 1. The normalized spacial score (nSPS) is 14.8. The first-order chi connectivity index (χ1) is 7.84. The Bertz CT molecular complexity index is 374. The third kappa shape index (κ3) is 3.46. The Hall–Kier alpha value is -0.540. The Kier molecular flexibility index (Phi) is 5.02. The second-order valence-corrected chi connectivity index (χ2v) is 5.95. The minimum atomic E-state index is 0.0770. The maximum atomic E-state index is 5.88. The Labute approximate surface area is 113 Å². The lowest BCUT2D eigenvalue weighted by atomic mass is 10.0. The monoisotopic (exact) mass is 298 g/mol. The van der Waals surface area contributed by atoms with E-state index < -0.39 is 0 Å². The van der Waals surface area contributed by atoms with Crippen LogP contribution in [0.1, 0.15) is 39.3 Å². The summed E-state index contributed by atoms with van der Waals surface area (Å²) in [5.41, 5.74) is 8.26. The largest absolute Gasteiger partial charge is 0.371 e. The summed E-state index contributed by atoms with van der Waals surface area (Å²) in [5, 5.41) is 0. The summed E-state index contributed by atoms with van der Waals surface area (Å²) in [5.74, 6) is 0.625. The van der Waals surface area contributed by atoms with Gasteiger partial charge in [0.05, 0.1) is 5.69 Å². The number of hydrogen-bond donors (Lipinski definition) is 1. The lowest BCUT2D eigenvalue weighted by Crippen LogP contribution is -2.33. The number of rotatable bonds is 4. The van der Waals surface area contributed by atoms with Gasteiger partial charge >= 0.3 is 0 Å². The van der Waals surface area contributed by atoms with Gasteiger partial charge in [-0.1, -0.05) is 19.9 Å². The highest BCUT2D eigenvalue weighted by Gasteiger charge is 2.16. The quantitative estimate of drug-likeness (QED) is 0.912. The molecule has 0 aliphatic heterocycles. The topological polar surface area (TPSA) is 29.3 Å². The molecule has 0 radical (unpaired) electrons. The van der Waals surface area contributed by atoms with Crippen molar-refractivity contribution in [2.45, 2.75) is 39.8 Å². The molecule has 17 heavy (non-hydrogen) atoms. The van der Waals surface area contributed by atoms with Crippen LogP contribution in [0, 0.1) is 5.92 Å². The highest BCUT2D eigenvalue weighted by molar-refractivity contribution is 9.10. The fraction of sp³-hybridized carbons (Fsp3) is 0.571. The van der Waals surface area contributed by atoms with Crippen LogP contribution in [0.3, 0.4) is 0 Å². The van der Waals surface area contributed by atoms with E-state index in [2.05, 4.69) is 66.8 Å². The Morgan fingerprint density at radius 2 is 1.76 bits per heavy atom. The summed E-state index contributed by atoms with van der Waals surface area (Å²) in [7, 11) is 2.14. The second-order valence-electron chi connectivity index (χ2n) is 5.10. The number of nitrogens with two attached hydrogens (primary N) is 1. The van der Waals surface area contributed by atoms with Crippen LogP contribution in [0.15, 0.2) is 22.7 Å². The standard InChI is InChI=1S/C14H23BrN2/c1-9(2)11(4)17(5)14-7-6-12(10(3)16)8-13(14)15/h6-11H,16H2,1-5H3/t10-,11?/m0/s1. The van der Waals surface area contributed by atoms with E-state index in [0.717, 1.165) is 10.0 Å². The van der Waals surface area contributed by atoms with Gasteiger partial charge < -0.3 is 10.6 Å². The molecule has 2 nitrogen and oxygen atoms in total. The molecule has 0 spiro atoms. The smallest absolute Gasteiger partial charge is 0.0510 e. The molecule has 2 N–H and O–H groups in total. The highest BCUT2D eigenvalue weighted by atomic mass is 79.9. The molecule has 0 aromatic heterocycles. The van der Waals surface area contributed by atoms with E-state index in [-0.39, 0.29) is 6.04 Å². The first-order valence-corrected chi connectivity index (χ1v) is 6.91. The maximum absolute atomic E-state index is 5.88. The molecule has 96 valence electrons. The molecule has 0 saturated carbocycles. The highest BCUT2D eigenvalue weighted by Crippen LogP contribution is 2.30. The predicted octanol–water partition coefficient (Wildman–Crippen LogP) is 3.95. The van der Waals surface area contributed by atoms with Crippen molar-refractivity contribution in [3.63, 3.8) is 0 Å². The molecule has 0 aliphatic rings. The van der Waals surface area contributed by atoms with Crippen LogP contribution in [-0.4, -0.2) is 13.1 Å². The first kappa shape index (κ1) is 14.5. The molecule has 0 saturated heterocycles. The van der Waals surface area contributed by atoms with Crippen LogP contribution < -0.4 is 10.6 Å². The summed E-state index contributed by atoms with van der Waals surface area (Å²) in [6.45, 7) is 8.73. The zero-order valence-corrected chi connectivity index (χ0v) is 13.0. The van der Waals surface area contributed by atoms with Gasteiger partial charge in [0.1, 0.15) is 0 Å². The number of benzene rings is 1. The molecule has 2 atom stereocenters. The van der Waals surface area contributed by atoms with Crippen LogP contribution in [-0.2, 0) is 0 Å². The van der Waals surface area contributed by atoms with Gasteiger partial charge in [-0.05, 0) is 53.4 Å². The van der Waals surface area contributed by atoms with E-state index in [1.807, 2.05) is 6.92 Å². The van der Waals surface area contributed by atoms with Gasteiger partial charge in [0.2, 0.25) is 0 Å². The SMILES string of the molecule is CC(C)C(C)N(C)c1ccc([C@H](C)N)cc1Br. The summed E-state index contributed by atoms with van der Waals surface area (Å²) >= 11 is 3.64. The Balaban J connectivity index is 2.99. The molecule has 0 heterocycles. The molecular weight excluding hydrogens is 276 g/mol. The molecule has 1 aromatic carbocycles. The molecule has 1 rings (SSSR count). The van der Waals surface area contributed by atoms with Crippen molar-refractivity contribution in [2.24, 2.45) is 11.7 Å². The van der Waals surface area contributed by atoms with Crippen molar-refractivity contribution in [2.75, 3.05) is 11.9 Å². The van der Waals surface area contributed by atoms with Crippen LogP contribution in [0.5, 0.6) is 0 Å². The minimum Gasteiger partial charge on any atom is -0.371 e. The number of hydrogen-bond acceptors (Lipinski definition) is 2. The third-order valence-electron chi connectivity index (χ3n) is 3.45. The van der Waals surface area contributed by atoms with E-state index in [1.54, 1.807) is 0 Å². The summed E-state index contributed by atoms with van der Waals surface area (Å²) in [6, 6.07) is 6.94. The average Bonchev–Trinajstić information content (AvgIpc) is 2.26. The zero-order valence-electron chi connectivity index (χ0n) is 11.4. The lowest BCUT2D eigenvalue weighted by molar-refractivity contribution is 0.505. The van der Waals surface area contributed by atoms with Crippen molar-refractivity contribution >= 4 is 21.6 Å². The molecular formula is C14H23BrN2. The fourth-order valence-corrected chi connectivity index (χ4v) is 2.44. The maximum Gasteiger partial charge on any atom is 0.0510 e. The van der Waals surface area contributed by atoms with Gasteiger partial charge in [0, 0.05) is 23.6 Å². The van der Waals surface area contributed by atoms with E-state index >= 15 is 0 Å². The van der Waals surface area contributed by atoms with Crippen molar-refractivity contribution in [3.05, 3.63) is 28.2 Å². The Morgan fingerprint density at radius 3 is 2.18 bits per heavy atom. The number of nitrogens with zero attached hydrogens (tertiary/aromatic N) is 1. The van der Waals surface area contributed by atoms with Crippen molar-refractivity contribution in [1.82, 2.24) is 0 Å². The van der Waals surface area contributed by atoms with E-state index in [9.17, 15) is 0 Å². The predicted molar refractivity (Wildman–Crippen MR) is 79.4 cm³/mol. The van der Waals surface area contributed by atoms with Crippen LogP contribution in [0.4, 0.5) is 5.69 Å². The molecule has 1 unspecified atom stereocenters. The van der Waals surface area contributed by atoms with E-state index in [0.29, 0.717) is 12.0 Å². The molecule has 0 amide bonds. The first-order valence-electron chi connectivity index (χ1n) is 6.12. The second kappa shape index (κ2) is 5.87.